The van der Waals surface area contributed by atoms with Crippen molar-refractivity contribution in [3.8, 4) is 11.3 Å². The van der Waals surface area contributed by atoms with Gasteiger partial charge >= 0.3 is 11.9 Å². The molecule has 6 heteroatoms. The van der Waals surface area contributed by atoms with Crippen molar-refractivity contribution in [2.45, 2.75) is 18.4 Å². The third-order valence-electron chi connectivity index (χ3n) is 4.08. The standard InChI is InChI=1S/C17H16N2O4/c20-16(21)12-8-10(13-4-6-19-15(13)17(22)23)7-11(9-12)14-3-1-2-5-18-14/h1-3,5,7-9,13,15,19H,4,6H2,(H,20,21)(H,22,23)/t13-,15+/m1/s1. The summed E-state index contributed by atoms with van der Waals surface area (Å²) in [5.74, 6) is -2.22. The lowest BCUT2D eigenvalue weighted by molar-refractivity contribution is -0.139. The van der Waals surface area contributed by atoms with Gasteiger partial charge in [-0.25, -0.2) is 4.79 Å². The van der Waals surface area contributed by atoms with Crippen LogP contribution in [-0.4, -0.2) is 39.7 Å². The molecule has 3 rings (SSSR count). The quantitative estimate of drug-likeness (QED) is 0.798. The number of pyridine rings is 1. The topological polar surface area (TPSA) is 99.5 Å². The van der Waals surface area contributed by atoms with E-state index in [0.717, 1.165) is 0 Å². The molecule has 3 N–H and O–H groups in total. The van der Waals surface area contributed by atoms with Crippen molar-refractivity contribution < 1.29 is 19.8 Å². The van der Waals surface area contributed by atoms with Crippen LogP contribution in [0.3, 0.4) is 0 Å². The smallest absolute Gasteiger partial charge is 0.335 e. The molecule has 0 aliphatic carbocycles. The molecule has 2 heterocycles. The molecule has 118 valence electrons. The lowest BCUT2D eigenvalue weighted by Crippen LogP contribution is -2.34. The Kier molecular flexibility index (Phi) is 4.08. The average Bonchev–Trinajstić information content (AvgIpc) is 3.05. The predicted octanol–water partition coefficient (Wildman–Crippen LogP) is 1.98. The van der Waals surface area contributed by atoms with Crippen molar-refractivity contribution in [2.75, 3.05) is 6.54 Å². The van der Waals surface area contributed by atoms with Crippen molar-refractivity contribution in [1.29, 1.82) is 0 Å². The van der Waals surface area contributed by atoms with E-state index in [-0.39, 0.29) is 11.5 Å². The van der Waals surface area contributed by atoms with Gasteiger partial charge in [0.15, 0.2) is 0 Å². The number of carboxylic acids is 2. The summed E-state index contributed by atoms with van der Waals surface area (Å²) in [6.45, 7) is 0.595. The monoisotopic (exact) mass is 312 g/mol. The van der Waals surface area contributed by atoms with E-state index in [1.165, 1.54) is 0 Å². The van der Waals surface area contributed by atoms with E-state index in [2.05, 4.69) is 10.3 Å². The highest BCUT2D eigenvalue weighted by atomic mass is 16.4. The maximum Gasteiger partial charge on any atom is 0.335 e. The fourth-order valence-corrected chi connectivity index (χ4v) is 2.99. The van der Waals surface area contributed by atoms with Crippen LogP contribution in [0.4, 0.5) is 0 Å². The number of benzene rings is 1. The number of hydrogen-bond acceptors (Lipinski definition) is 4. The first-order valence-electron chi connectivity index (χ1n) is 7.32. The van der Waals surface area contributed by atoms with Crippen molar-refractivity contribution in [3.05, 3.63) is 53.7 Å². The molecule has 0 unspecified atom stereocenters. The van der Waals surface area contributed by atoms with Gasteiger partial charge in [-0.05, 0) is 48.9 Å². The molecule has 23 heavy (non-hydrogen) atoms. The summed E-state index contributed by atoms with van der Waals surface area (Å²) in [7, 11) is 0. The lowest BCUT2D eigenvalue weighted by Gasteiger charge is -2.17. The van der Waals surface area contributed by atoms with E-state index in [1.807, 2.05) is 12.1 Å². The summed E-state index contributed by atoms with van der Waals surface area (Å²) in [6, 6.07) is 9.67. The van der Waals surface area contributed by atoms with Gasteiger partial charge in [0.1, 0.15) is 6.04 Å². The van der Waals surface area contributed by atoms with E-state index in [4.69, 9.17) is 0 Å². The molecular weight excluding hydrogens is 296 g/mol. The molecule has 2 atom stereocenters. The van der Waals surface area contributed by atoms with Gasteiger partial charge in [-0.1, -0.05) is 6.07 Å². The first kappa shape index (κ1) is 15.2. The van der Waals surface area contributed by atoms with Gasteiger partial charge in [-0.2, -0.15) is 0 Å². The zero-order chi connectivity index (χ0) is 16.4. The summed E-state index contributed by atoms with van der Waals surface area (Å²) in [4.78, 5) is 27.0. The van der Waals surface area contributed by atoms with Crippen LogP contribution in [0.1, 0.15) is 28.3 Å². The fourth-order valence-electron chi connectivity index (χ4n) is 2.99. The second kappa shape index (κ2) is 6.18. The van der Waals surface area contributed by atoms with Gasteiger partial charge in [0.25, 0.3) is 0 Å². The highest BCUT2D eigenvalue weighted by Gasteiger charge is 2.34. The maximum absolute atomic E-state index is 11.4. The second-order valence-electron chi connectivity index (χ2n) is 5.53. The Morgan fingerprint density at radius 2 is 2.00 bits per heavy atom. The number of carboxylic acid groups (broad SMARTS) is 2. The van der Waals surface area contributed by atoms with Crippen molar-refractivity contribution >= 4 is 11.9 Å². The van der Waals surface area contributed by atoms with Gasteiger partial charge in [-0.15, -0.1) is 0 Å². The predicted molar refractivity (Wildman–Crippen MR) is 83.4 cm³/mol. The number of aliphatic carboxylic acids is 1. The lowest BCUT2D eigenvalue weighted by atomic mass is 9.89. The van der Waals surface area contributed by atoms with Gasteiger partial charge in [0, 0.05) is 17.7 Å². The van der Waals surface area contributed by atoms with Crippen LogP contribution in [0.25, 0.3) is 11.3 Å². The molecule has 6 nitrogen and oxygen atoms in total. The highest BCUT2D eigenvalue weighted by molar-refractivity contribution is 5.90. The Morgan fingerprint density at radius 1 is 1.17 bits per heavy atom. The van der Waals surface area contributed by atoms with E-state index in [9.17, 15) is 19.8 Å². The third kappa shape index (κ3) is 3.07. The van der Waals surface area contributed by atoms with Crippen LogP contribution in [0.15, 0.2) is 42.6 Å². The zero-order valence-electron chi connectivity index (χ0n) is 12.3. The van der Waals surface area contributed by atoms with E-state index in [1.54, 1.807) is 30.5 Å². The summed E-state index contributed by atoms with van der Waals surface area (Å²) < 4.78 is 0. The van der Waals surface area contributed by atoms with Crippen LogP contribution in [0, 0.1) is 0 Å². The van der Waals surface area contributed by atoms with E-state index < -0.39 is 18.0 Å². The van der Waals surface area contributed by atoms with Crippen molar-refractivity contribution in [2.24, 2.45) is 0 Å². The summed E-state index contributed by atoms with van der Waals surface area (Å²) in [5.41, 5.74) is 2.19. The third-order valence-corrected chi connectivity index (χ3v) is 4.08. The molecule has 0 amide bonds. The van der Waals surface area contributed by atoms with Crippen LogP contribution < -0.4 is 5.32 Å². The van der Waals surface area contributed by atoms with Crippen LogP contribution in [0.5, 0.6) is 0 Å². The molecule has 0 spiro atoms. The van der Waals surface area contributed by atoms with Crippen LogP contribution in [-0.2, 0) is 4.79 Å². The number of nitrogens with one attached hydrogen (secondary N) is 1. The van der Waals surface area contributed by atoms with Crippen LogP contribution >= 0.6 is 0 Å². The van der Waals surface area contributed by atoms with Crippen molar-refractivity contribution in [1.82, 2.24) is 10.3 Å². The Hall–Kier alpha value is -2.73. The number of aromatic nitrogens is 1. The molecule has 1 aliphatic heterocycles. The second-order valence-corrected chi connectivity index (χ2v) is 5.53. The van der Waals surface area contributed by atoms with Gasteiger partial charge < -0.3 is 15.5 Å². The molecule has 0 saturated carbocycles. The van der Waals surface area contributed by atoms with Gasteiger partial charge in [-0.3, -0.25) is 9.78 Å². The molecule has 1 saturated heterocycles. The van der Waals surface area contributed by atoms with Crippen LogP contribution in [0.2, 0.25) is 0 Å². The first-order valence-corrected chi connectivity index (χ1v) is 7.32. The first-order chi connectivity index (χ1) is 11.1. The molecule has 2 aromatic rings. The fraction of sp³-hybridized carbons (Fsp3) is 0.235. The molecule has 0 bridgehead atoms. The van der Waals surface area contributed by atoms with Gasteiger partial charge in [0.05, 0.1) is 11.3 Å². The molecule has 1 aliphatic rings. The van der Waals surface area contributed by atoms with E-state index in [0.29, 0.717) is 29.8 Å². The molecule has 1 fully saturated rings. The van der Waals surface area contributed by atoms with Crippen molar-refractivity contribution in [3.63, 3.8) is 0 Å². The SMILES string of the molecule is O=C(O)c1cc(-c2ccccn2)cc([C@H]2CCN[C@@H]2C(=O)O)c1. The number of rotatable bonds is 4. The number of carbonyl (C=O) groups is 2. The normalized spacial score (nSPS) is 20.3. The highest BCUT2D eigenvalue weighted by Crippen LogP contribution is 2.32. The number of nitrogens with zero attached hydrogens (tertiary/aromatic N) is 1. The molecule has 1 aromatic heterocycles. The Morgan fingerprint density at radius 3 is 2.65 bits per heavy atom. The Bertz CT molecular complexity index is 746. The molecule has 1 aromatic carbocycles. The maximum atomic E-state index is 11.4. The minimum atomic E-state index is -1.04. The summed E-state index contributed by atoms with van der Waals surface area (Å²) in [6.07, 6.45) is 2.29. The number of aromatic carboxylic acids is 1. The summed E-state index contributed by atoms with van der Waals surface area (Å²) in [5, 5.41) is 21.6. The Labute approximate surface area is 132 Å². The van der Waals surface area contributed by atoms with E-state index >= 15 is 0 Å². The number of hydrogen-bond donors (Lipinski definition) is 3. The molecular formula is C17H16N2O4. The minimum Gasteiger partial charge on any atom is -0.480 e. The zero-order valence-corrected chi connectivity index (χ0v) is 12.3. The van der Waals surface area contributed by atoms with Gasteiger partial charge in [0.2, 0.25) is 0 Å². The largest absolute Gasteiger partial charge is 0.480 e. The Balaban J connectivity index is 2.08. The minimum absolute atomic E-state index is 0.138. The average molecular weight is 312 g/mol. The summed E-state index contributed by atoms with van der Waals surface area (Å²) >= 11 is 0. The molecule has 0 radical (unpaired) electrons.